The summed E-state index contributed by atoms with van der Waals surface area (Å²) in [7, 11) is 0. The van der Waals surface area contributed by atoms with Gasteiger partial charge in [0, 0.05) is 5.56 Å². The summed E-state index contributed by atoms with van der Waals surface area (Å²) >= 11 is 0. The zero-order valence-electron chi connectivity index (χ0n) is 11.9. The minimum Gasteiger partial charge on any atom is -0.490 e. The smallest absolute Gasteiger partial charge is 0.124 e. The molecule has 1 aliphatic heterocycles. The van der Waals surface area contributed by atoms with Gasteiger partial charge < -0.3 is 19.9 Å². The largest absolute Gasteiger partial charge is 0.490 e. The van der Waals surface area contributed by atoms with E-state index in [1.165, 1.54) is 0 Å². The Kier molecular flexibility index (Phi) is 4.45. The predicted octanol–water partition coefficient (Wildman–Crippen LogP) is 2.28. The van der Waals surface area contributed by atoms with Gasteiger partial charge in [0.15, 0.2) is 0 Å². The number of benzene rings is 1. The third-order valence-corrected chi connectivity index (χ3v) is 3.03. The lowest BCUT2D eigenvalue weighted by Gasteiger charge is -2.31. The second kappa shape index (κ2) is 5.90. The molecule has 0 radical (unpaired) electrons. The molecule has 2 N–H and O–H groups in total. The number of para-hydroxylation sites is 1. The Morgan fingerprint density at radius 2 is 2.00 bits per heavy atom. The van der Waals surface area contributed by atoms with Crippen LogP contribution in [0.3, 0.4) is 0 Å². The van der Waals surface area contributed by atoms with Crippen LogP contribution >= 0.6 is 0 Å². The van der Waals surface area contributed by atoms with Crippen molar-refractivity contribution in [3.63, 3.8) is 0 Å². The van der Waals surface area contributed by atoms with Gasteiger partial charge >= 0.3 is 0 Å². The lowest BCUT2D eigenvalue weighted by molar-refractivity contribution is -0.0681. The van der Waals surface area contributed by atoms with Crippen LogP contribution in [-0.4, -0.2) is 31.5 Å². The maximum Gasteiger partial charge on any atom is 0.124 e. The first-order valence-corrected chi connectivity index (χ1v) is 6.70. The van der Waals surface area contributed by atoms with Gasteiger partial charge in [-0.15, -0.1) is 0 Å². The molecule has 0 spiro atoms. The van der Waals surface area contributed by atoms with E-state index in [0.29, 0.717) is 19.8 Å². The normalized spacial score (nSPS) is 22.7. The summed E-state index contributed by atoms with van der Waals surface area (Å²) in [6.07, 6.45) is -0.113. The van der Waals surface area contributed by atoms with E-state index in [0.717, 1.165) is 11.3 Å². The second-order valence-electron chi connectivity index (χ2n) is 5.74. The van der Waals surface area contributed by atoms with Gasteiger partial charge in [-0.25, -0.2) is 0 Å². The van der Waals surface area contributed by atoms with Crippen molar-refractivity contribution < 1.29 is 14.2 Å². The quantitative estimate of drug-likeness (QED) is 0.849. The molecule has 19 heavy (non-hydrogen) atoms. The SMILES string of the molecule is CC(C)(C)OCCOC1COc2ccccc2C1N. The highest BCUT2D eigenvalue weighted by molar-refractivity contribution is 5.38. The molecule has 2 unspecified atom stereocenters. The molecule has 0 bridgehead atoms. The van der Waals surface area contributed by atoms with Crippen LogP contribution in [-0.2, 0) is 9.47 Å². The summed E-state index contributed by atoms with van der Waals surface area (Å²) < 4.78 is 17.0. The Hall–Kier alpha value is -1.10. The Labute approximate surface area is 114 Å². The lowest BCUT2D eigenvalue weighted by Crippen LogP contribution is -2.38. The average molecular weight is 265 g/mol. The van der Waals surface area contributed by atoms with Gasteiger partial charge in [0.05, 0.1) is 24.9 Å². The zero-order valence-corrected chi connectivity index (χ0v) is 11.9. The van der Waals surface area contributed by atoms with Crippen LogP contribution in [0.5, 0.6) is 5.75 Å². The van der Waals surface area contributed by atoms with E-state index in [-0.39, 0.29) is 17.7 Å². The van der Waals surface area contributed by atoms with Crippen molar-refractivity contribution in [1.29, 1.82) is 0 Å². The zero-order chi connectivity index (χ0) is 13.9. The van der Waals surface area contributed by atoms with Crippen LogP contribution in [0, 0.1) is 0 Å². The summed E-state index contributed by atoms with van der Waals surface area (Å²) in [6, 6.07) is 7.70. The fourth-order valence-electron chi connectivity index (χ4n) is 2.06. The maximum atomic E-state index is 6.21. The second-order valence-corrected chi connectivity index (χ2v) is 5.74. The Morgan fingerprint density at radius 1 is 1.26 bits per heavy atom. The van der Waals surface area contributed by atoms with Crippen LogP contribution < -0.4 is 10.5 Å². The summed E-state index contributed by atoms with van der Waals surface area (Å²) in [5, 5.41) is 0. The minimum atomic E-state index is -0.139. The molecule has 0 saturated carbocycles. The first-order chi connectivity index (χ1) is 8.97. The summed E-state index contributed by atoms with van der Waals surface area (Å²) in [5.74, 6) is 0.862. The summed E-state index contributed by atoms with van der Waals surface area (Å²) in [4.78, 5) is 0. The predicted molar refractivity (Wildman–Crippen MR) is 74.3 cm³/mol. The van der Waals surface area contributed by atoms with E-state index in [4.69, 9.17) is 19.9 Å². The molecule has 0 fully saturated rings. The number of rotatable bonds is 4. The fourth-order valence-corrected chi connectivity index (χ4v) is 2.06. The summed E-state index contributed by atoms with van der Waals surface area (Å²) in [5.41, 5.74) is 7.08. The Morgan fingerprint density at radius 3 is 2.74 bits per heavy atom. The van der Waals surface area contributed by atoms with E-state index in [2.05, 4.69) is 0 Å². The van der Waals surface area contributed by atoms with Crippen LogP contribution in [0.25, 0.3) is 0 Å². The molecule has 1 heterocycles. The third-order valence-electron chi connectivity index (χ3n) is 3.03. The molecule has 1 aromatic carbocycles. The molecule has 0 saturated heterocycles. The van der Waals surface area contributed by atoms with Crippen molar-refractivity contribution in [1.82, 2.24) is 0 Å². The van der Waals surface area contributed by atoms with Crippen LogP contribution in [0.2, 0.25) is 0 Å². The van der Waals surface area contributed by atoms with Gasteiger partial charge in [0.1, 0.15) is 18.5 Å². The van der Waals surface area contributed by atoms with E-state index in [1.54, 1.807) is 0 Å². The van der Waals surface area contributed by atoms with Crippen molar-refractivity contribution in [2.75, 3.05) is 19.8 Å². The number of ether oxygens (including phenoxy) is 3. The number of hydrogen-bond donors (Lipinski definition) is 1. The minimum absolute atomic E-state index is 0.113. The molecular weight excluding hydrogens is 242 g/mol. The molecule has 0 aliphatic carbocycles. The number of nitrogens with two attached hydrogens (primary N) is 1. The van der Waals surface area contributed by atoms with E-state index in [9.17, 15) is 0 Å². The van der Waals surface area contributed by atoms with Crippen molar-refractivity contribution in [3.8, 4) is 5.75 Å². The third kappa shape index (κ3) is 3.93. The standard InChI is InChI=1S/C15H23NO3/c1-15(2,3)19-9-8-17-13-10-18-12-7-5-4-6-11(12)14(13)16/h4-7,13-14H,8-10,16H2,1-3H3. The van der Waals surface area contributed by atoms with Crippen LogP contribution in [0.1, 0.15) is 32.4 Å². The average Bonchev–Trinajstić information content (AvgIpc) is 2.36. The highest BCUT2D eigenvalue weighted by atomic mass is 16.6. The van der Waals surface area contributed by atoms with E-state index >= 15 is 0 Å². The van der Waals surface area contributed by atoms with Crippen molar-refractivity contribution in [2.24, 2.45) is 5.73 Å². The lowest BCUT2D eigenvalue weighted by atomic mass is 9.99. The molecular formula is C15H23NO3. The van der Waals surface area contributed by atoms with Crippen LogP contribution in [0.15, 0.2) is 24.3 Å². The first kappa shape index (κ1) is 14.3. The van der Waals surface area contributed by atoms with Crippen LogP contribution in [0.4, 0.5) is 0 Å². The first-order valence-electron chi connectivity index (χ1n) is 6.70. The van der Waals surface area contributed by atoms with Gasteiger partial charge in [-0.05, 0) is 26.8 Å². The highest BCUT2D eigenvalue weighted by Gasteiger charge is 2.28. The molecule has 2 rings (SSSR count). The van der Waals surface area contributed by atoms with Gasteiger partial charge in [0.25, 0.3) is 0 Å². The topological polar surface area (TPSA) is 53.7 Å². The van der Waals surface area contributed by atoms with Crippen molar-refractivity contribution in [3.05, 3.63) is 29.8 Å². The molecule has 0 aromatic heterocycles. The Balaban J connectivity index is 1.84. The molecule has 1 aliphatic rings. The van der Waals surface area contributed by atoms with E-state index < -0.39 is 0 Å². The maximum absolute atomic E-state index is 6.21. The fraction of sp³-hybridized carbons (Fsp3) is 0.600. The van der Waals surface area contributed by atoms with Gasteiger partial charge in [-0.3, -0.25) is 0 Å². The van der Waals surface area contributed by atoms with Gasteiger partial charge in [-0.2, -0.15) is 0 Å². The van der Waals surface area contributed by atoms with Crippen molar-refractivity contribution in [2.45, 2.75) is 38.5 Å². The number of fused-ring (bicyclic) bond motifs is 1. The highest BCUT2D eigenvalue weighted by Crippen LogP contribution is 2.31. The molecule has 106 valence electrons. The molecule has 2 atom stereocenters. The summed E-state index contributed by atoms with van der Waals surface area (Å²) in [6.45, 7) is 7.67. The number of hydrogen-bond acceptors (Lipinski definition) is 4. The van der Waals surface area contributed by atoms with Crippen molar-refractivity contribution >= 4 is 0 Å². The molecule has 4 nitrogen and oxygen atoms in total. The molecule has 1 aromatic rings. The molecule has 4 heteroatoms. The van der Waals surface area contributed by atoms with Gasteiger partial charge in [-0.1, -0.05) is 18.2 Å². The Bertz CT molecular complexity index is 414. The molecule has 0 amide bonds. The van der Waals surface area contributed by atoms with Gasteiger partial charge in [0.2, 0.25) is 0 Å². The monoisotopic (exact) mass is 265 g/mol. The van der Waals surface area contributed by atoms with E-state index in [1.807, 2.05) is 45.0 Å².